The van der Waals surface area contributed by atoms with Crippen LogP contribution in [0.1, 0.15) is 53.4 Å². The van der Waals surface area contributed by atoms with Crippen molar-refractivity contribution in [3.05, 3.63) is 0 Å². The minimum atomic E-state index is 0.403. The Hall–Kier alpha value is -0.120. The van der Waals surface area contributed by atoms with Crippen LogP contribution >= 0.6 is 0 Å². The van der Waals surface area contributed by atoms with E-state index in [9.17, 15) is 0 Å². The van der Waals surface area contributed by atoms with Gasteiger partial charge in [0.15, 0.2) is 0 Å². The molecule has 2 aliphatic rings. The van der Waals surface area contributed by atoms with E-state index in [0.29, 0.717) is 11.5 Å². The van der Waals surface area contributed by atoms with E-state index in [1.54, 1.807) is 0 Å². The highest BCUT2D eigenvalue weighted by molar-refractivity contribution is 4.91. The first kappa shape index (κ1) is 17.2. The Morgan fingerprint density at radius 3 is 2.81 bits per heavy atom. The molecule has 1 saturated heterocycles. The summed E-state index contributed by atoms with van der Waals surface area (Å²) in [6, 6.07) is 0. The van der Waals surface area contributed by atoms with E-state index < -0.39 is 0 Å². The number of nitrogens with one attached hydrogen (secondary N) is 1. The van der Waals surface area contributed by atoms with E-state index in [-0.39, 0.29) is 0 Å². The predicted octanol–water partition coefficient (Wildman–Crippen LogP) is 3.15. The molecule has 1 saturated carbocycles. The van der Waals surface area contributed by atoms with Crippen LogP contribution in [-0.2, 0) is 4.74 Å². The molecule has 1 heterocycles. The zero-order valence-corrected chi connectivity index (χ0v) is 14.7. The van der Waals surface area contributed by atoms with Crippen LogP contribution in [0, 0.1) is 17.3 Å². The minimum Gasteiger partial charge on any atom is -0.376 e. The van der Waals surface area contributed by atoms with Gasteiger partial charge >= 0.3 is 0 Å². The number of nitrogens with zero attached hydrogens (tertiary/aromatic N) is 1. The van der Waals surface area contributed by atoms with Gasteiger partial charge in [-0.05, 0) is 43.6 Å². The third-order valence-electron chi connectivity index (χ3n) is 5.12. The zero-order chi connectivity index (χ0) is 15.3. The molecule has 0 aromatic carbocycles. The van der Waals surface area contributed by atoms with Gasteiger partial charge in [0.25, 0.3) is 0 Å². The van der Waals surface area contributed by atoms with Crippen LogP contribution < -0.4 is 5.32 Å². The fourth-order valence-electron chi connectivity index (χ4n) is 4.26. The van der Waals surface area contributed by atoms with Crippen LogP contribution in [0.5, 0.6) is 0 Å². The Bertz CT molecular complexity index is 308. The SMILES string of the molecule is CC(C)CNCC1(CN2CCOC(C)C2)CCCC(C)C1. The fourth-order valence-corrected chi connectivity index (χ4v) is 4.26. The molecule has 2 rings (SSSR count). The molecule has 1 aliphatic carbocycles. The monoisotopic (exact) mass is 296 g/mol. The van der Waals surface area contributed by atoms with Gasteiger partial charge in [-0.15, -0.1) is 0 Å². The van der Waals surface area contributed by atoms with Crippen LogP contribution in [-0.4, -0.2) is 50.3 Å². The number of hydrogen-bond acceptors (Lipinski definition) is 3. The third kappa shape index (κ3) is 5.54. The van der Waals surface area contributed by atoms with Crippen LogP contribution in [0.25, 0.3) is 0 Å². The first-order chi connectivity index (χ1) is 9.99. The van der Waals surface area contributed by atoms with Gasteiger partial charge in [0.1, 0.15) is 0 Å². The zero-order valence-electron chi connectivity index (χ0n) is 14.7. The minimum absolute atomic E-state index is 0.403. The van der Waals surface area contributed by atoms with Crippen LogP contribution in [0.15, 0.2) is 0 Å². The number of rotatable bonds is 6. The van der Waals surface area contributed by atoms with Gasteiger partial charge < -0.3 is 10.1 Å². The van der Waals surface area contributed by atoms with Crippen molar-refractivity contribution in [1.29, 1.82) is 0 Å². The van der Waals surface area contributed by atoms with E-state index in [4.69, 9.17) is 4.74 Å². The van der Waals surface area contributed by atoms with Crippen LogP contribution in [0.4, 0.5) is 0 Å². The van der Waals surface area contributed by atoms with Gasteiger partial charge in [-0.25, -0.2) is 0 Å². The molecule has 21 heavy (non-hydrogen) atoms. The Labute approximate surface area is 131 Å². The first-order valence-corrected chi connectivity index (χ1v) is 9.04. The standard InChI is InChI=1S/C18H36N2O/c1-15(2)11-19-13-18(7-5-6-16(3)10-18)14-20-8-9-21-17(4)12-20/h15-17,19H,5-14H2,1-4H3. The molecule has 3 unspecified atom stereocenters. The molecule has 124 valence electrons. The highest BCUT2D eigenvalue weighted by atomic mass is 16.5. The average molecular weight is 296 g/mol. The van der Waals surface area contributed by atoms with Gasteiger partial charge in [-0.3, -0.25) is 4.90 Å². The van der Waals surface area contributed by atoms with Gasteiger partial charge in [0.2, 0.25) is 0 Å². The Morgan fingerprint density at radius 2 is 2.14 bits per heavy atom. The second kappa shape index (κ2) is 7.94. The highest BCUT2D eigenvalue weighted by Crippen LogP contribution is 2.40. The lowest BCUT2D eigenvalue weighted by atomic mass is 9.69. The van der Waals surface area contributed by atoms with Crippen molar-refractivity contribution < 1.29 is 4.74 Å². The Morgan fingerprint density at radius 1 is 1.33 bits per heavy atom. The summed E-state index contributed by atoms with van der Waals surface area (Å²) in [4.78, 5) is 2.66. The Kier molecular flexibility index (Phi) is 6.51. The Balaban J connectivity index is 1.93. The predicted molar refractivity (Wildman–Crippen MR) is 89.6 cm³/mol. The van der Waals surface area contributed by atoms with Gasteiger partial charge in [-0.1, -0.05) is 33.6 Å². The van der Waals surface area contributed by atoms with Crippen molar-refractivity contribution in [3.8, 4) is 0 Å². The van der Waals surface area contributed by atoms with E-state index in [1.165, 1.54) is 38.8 Å². The maximum Gasteiger partial charge on any atom is 0.0674 e. The van der Waals surface area contributed by atoms with E-state index in [2.05, 4.69) is 37.9 Å². The number of morpholine rings is 1. The lowest BCUT2D eigenvalue weighted by Gasteiger charge is -2.45. The summed E-state index contributed by atoms with van der Waals surface area (Å²) in [7, 11) is 0. The molecular weight excluding hydrogens is 260 g/mol. The smallest absolute Gasteiger partial charge is 0.0674 e. The molecule has 0 spiro atoms. The maximum atomic E-state index is 5.71. The normalized spacial score (nSPS) is 35.3. The molecule has 1 N–H and O–H groups in total. The molecule has 0 bridgehead atoms. The molecular formula is C18H36N2O. The van der Waals surface area contributed by atoms with Crippen molar-refractivity contribution >= 4 is 0 Å². The summed E-state index contributed by atoms with van der Waals surface area (Å²) in [5.74, 6) is 1.63. The lowest BCUT2D eigenvalue weighted by molar-refractivity contribution is -0.0395. The largest absolute Gasteiger partial charge is 0.376 e. The molecule has 0 aromatic rings. The molecule has 0 radical (unpaired) electrons. The van der Waals surface area contributed by atoms with E-state index in [0.717, 1.165) is 38.1 Å². The average Bonchev–Trinajstić information content (AvgIpc) is 2.38. The summed E-state index contributed by atoms with van der Waals surface area (Å²) in [5.41, 5.74) is 0.490. The molecule has 3 atom stereocenters. The quantitative estimate of drug-likeness (QED) is 0.815. The molecule has 2 fully saturated rings. The summed E-state index contributed by atoms with van der Waals surface area (Å²) < 4.78 is 5.71. The molecule has 3 heteroatoms. The fraction of sp³-hybridized carbons (Fsp3) is 1.00. The van der Waals surface area contributed by atoms with E-state index in [1.807, 2.05) is 0 Å². The van der Waals surface area contributed by atoms with Crippen molar-refractivity contribution in [3.63, 3.8) is 0 Å². The van der Waals surface area contributed by atoms with Crippen molar-refractivity contribution in [1.82, 2.24) is 10.2 Å². The summed E-state index contributed by atoms with van der Waals surface area (Å²) in [5, 5.41) is 3.76. The molecule has 0 aromatic heterocycles. The van der Waals surface area contributed by atoms with E-state index >= 15 is 0 Å². The van der Waals surface area contributed by atoms with Gasteiger partial charge in [0.05, 0.1) is 12.7 Å². The molecule has 1 aliphatic heterocycles. The summed E-state index contributed by atoms with van der Waals surface area (Å²) >= 11 is 0. The van der Waals surface area contributed by atoms with Crippen molar-refractivity contribution in [2.24, 2.45) is 17.3 Å². The summed E-state index contributed by atoms with van der Waals surface area (Å²) in [6.45, 7) is 16.0. The van der Waals surface area contributed by atoms with Crippen LogP contribution in [0.3, 0.4) is 0 Å². The van der Waals surface area contributed by atoms with Gasteiger partial charge in [0, 0.05) is 26.2 Å². The molecule has 3 nitrogen and oxygen atoms in total. The second-order valence-electron chi connectivity index (χ2n) is 8.14. The molecule has 0 amide bonds. The van der Waals surface area contributed by atoms with Gasteiger partial charge in [-0.2, -0.15) is 0 Å². The lowest BCUT2D eigenvalue weighted by Crippen LogP contribution is -2.51. The first-order valence-electron chi connectivity index (χ1n) is 9.04. The number of hydrogen-bond donors (Lipinski definition) is 1. The summed E-state index contributed by atoms with van der Waals surface area (Å²) in [6.07, 6.45) is 6.02. The maximum absolute atomic E-state index is 5.71. The van der Waals surface area contributed by atoms with Crippen molar-refractivity contribution in [2.75, 3.05) is 39.3 Å². The van der Waals surface area contributed by atoms with Crippen molar-refractivity contribution in [2.45, 2.75) is 59.5 Å². The highest BCUT2D eigenvalue weighted by Gasteiger charge is 2.37. The third-order valence-corrected chi connectivity index (χ3v) is 5.12. The van der Waals surface area contributed by atoms with Crippen LogP contribution in [0.2, 0.25) is 0 Å². The number of ether oxygens (including phenoxy) is 1. The topological polar surface area (TPSA) is 24.5 Å². The second-order valence-corrected chi connectivity index (χ2v) is 8.14.